The summed E-state index contributed by atoms with van der Waals surface area (Å²) in [6.07, 6.45) is 5.61. The van der Waals surface area contributed by atoms with Gasteiger partial charge >= 0.3 is 0 Å². The van der Waals surface area contributed by atoms with E-state index in [1.807, 2.05) is 0 Å². The maximum Gasteiger partial charge on any atom is 0.0144 e. The molecule has 96 valence electrons. The topological polar surface area (TPSA) is 12.0 Å². The fourth-order valence-corrected chi connectivity index (χ4v) is 3.15. The van der Waals surface area contributed by atoms with Crippen LogP contribution in [0.3, 0.4) is 0 Å². The third-order valence-corrected chi connectivity index (χ3v) is 4.21. The number of hydrogen-bond donors (Lipinski definition) is 1. The molecule has 0 aromatic rings. The van der Waals surface area contributed by atoms with E-state index in [4.69, 9.17) is 0 Å². The van der Waals surface area contributed by atoms with Crippen molar-refractivity contribution in [1.29, 1.82) is 0 Å². The van der Waals surface area contributed by atoms with Crippen molar-refractivity contribution in [2.24, 2.45) is 16.7 Å². The second-order valence-electron chi connectivity index (χ2n) is 7.40. The van der Waals surface area contributed by atoms with E-state index < -0.39 is 0 Å². The van der Waals surface area contributed by atoms with Gasteiger partial charge in [0, 0.05) is 6.04 Å². The van der Waals surface area contributed by atoms with Crippen molar-refractivity contribution in [2.45, 2.75) is 73.3 Å². The fourth-order valence-electron chi connectivity index (χ4n) is 3.15. The van der Waals surface area contributed by atoms with Crippen LogP contribution in [-0.4, -0.2) is 12.6 Å². The Hall–Kier alpha value is -0.0400. The molecule has 0 spiro atoms. The van der Waals surface area contributed by atoms with Gasteiger partial charge in [0.25, 0.3) is 0 Å². The van der Waals surface area contributed by atoms with Gasteiger partial charge in [0.05, 0.1) is 0 Å². The van der Waals surface area contributed by atoms with Crippen LogP contribution in [0, 0.1) is 16.7 Å². The lowest BCUT2D eigenvalue weighted by Crippen LogP contribution is -2.47. The predicted octanol–water partition coefficient (Wildman–Crippen LogP) is 4.23. The summed E-state index contributed by atoms with van der Waals surface area (Å²) in [4.78, 5) is 0. The van der Waals surface area contributed by atoms with E-state index in [2.05, 4.69) is 46.9 Å². The molecule has 16 heavy (non-hydrogen) atoms. The smallest absolute Gasteiger partial charge is 0.0144 e. The van der Waals surface area contributed by atoms with Crippen LogP contribution in [0.15, 0.2) is 0 Å². The largest absolute Gasteiger partial charge is 0.313 e. The van der Waals surface area contributed by atoms with Crippen LogP contribution >= 0.6 is 0 Å². The van der Waals surface area contributed by atoms with Crippen molar-refractivity contribution >= 4 is 0 Å². The Morgan fingerprint density at radius 3 is 2.06 bits per heavy atom. The second kappa shape index (κ2) is 5.08. The van der Waals surface area contributed by atoms with Gasteiger partial charge in [-0.1, -0.05) is 41.5 Å². The monoisotopic (exact) mass is 225 g/mol. The van der Waals surface area contributed by atoms with Gasteiger partial charge in [-0.15, -0.1) is 0 Å². The molecule has 1 unspecified atom stereocenters. The van der Waals surface area contributed by atoms with Crippen molar-refractivity contribution < 1.29 is 0 Å². The molecule has 0 bridgehead atoms. The zero-order chi connectivity index (χ0) is 12.4. The van der Waals surface area contributed by atoms with E-state index in [1.54, 1.807) is 0 Å². The first-order chi connectivity index (χ1) is 7.26. The zero-order valence-corrected chi connectivity index (χ0v) is 12.2. The molecule has 1 nitrogen and oxygen atoms in total. The Balaban J connectivity index is 2.61. The molecule has 0 amide bonds. The maximum absolute atomic E-state index is 3.72. The minimum atomic E-state index is 0.391. The first kappa shape index (κ1) is 14.0. The summed E-state index contributed by atoms with van der Waals surface area (Å²) in [5.74, 6) is 0.882. The molecule has 1 atom stereocenters. The van der Waals surface area contributed by atoms with Crippen LogP contribution in [0.1, 0.15) is 67.2 Å². The summed E-state index contributed by atoms with van der Waals surface area (Å²) in [6, 6.07) is 0.689. The van der Waals surface area contributed by atoms with Gasteiger partial charge in [0.15, 0.2) is 0 Å². The molecular weight excluding hydrogens is 194 g/mol. The lowest BCUT2D eigenvalue weighted by Gasteiger charge is -2.43. The molecule has 0 aliphatic heterocycles. The highest BCUT2D eigenvalue weighted by atomic mass is 14.9. The highest BCUT2D eigenvalue weighted by molar-refractivity contribution is 4.90. The normalized spacial score (nSPS) is 24.4. The van der Waals surface area contributed by atoms with Gasteiger partial charge in [-0.25, -0.2) is 0 Å². The molecule has 0 aromatic heterocycles. The van der Waals surface area contributed by atoms with E-state index in [0.29, 0.717) is 16.9 Å². The Labute approximate surface area is 102 Å². The Morgan fingerprint density at radius 1 is 1.19 bits per heavy atom. The molecular formula is C15H31N. The van der Waals surface area contributed by atoms with Crippen molar-refractivity contribution in [2.75, 3.05) is 6.54 Å². The lowest BCUT2D eigenvalue weighted by molar-refractivity contribution is 0.111. The van der Waals surface area contributed by atoms with Crippen LogP contribution < -0.4 is 5.32 Å². The van der Waals surface area contributed by atoms with Crippen LogP contribution in [0.4, 0.5) is 0 Å². The molecule has 0 radical (unpaired) electrons. The quantitative estimate of drug-likeness (QED) is 0.758. The van der Waals surface area contributed by atoms with E-state index in [0.717, 1.165) is 12.5 Å². The average molecular weight is 225 g/mol. The molecule has 1 N–H and O–H groups in total. The summed E-state index contributed by atoms with van der Waals surface area (Å²) in [7, 11) is 0. The lowest BCUT2D eigenvalue weighted by atomic mass is 9.67. The number of nitrogens with one attached hydrogen (secondary N) is 1. The number of hydrogen-bond acceptors (Lipinski definition) is 1. The maximum atomic E-state index is 3.72. The SMILES string of the molecule is CCNC(C1CCC(C)(C)CC1)C(C)(C)C. The van der Waals surface area contributed by atoms with Crippen molar-refractivity contribution in [1.82, 2.24) is 5.32 Å². The molecule has 0 aromatic carbocycles. The fraction of sp³-hybridized carbons (Fsp3) is 1.00. The van der Waals surface area contributed by atoms with E-state index in [-0.39, 0.29) is 0 Å². The summed E-state index contributed by atoms with van der Waals surface area (Å²) >= 11 is 0. The van der Waals surface area contributed by atoms with Crippen molar-refractivity contribution in [3.63, 3.8) is 0 Å². The zero-order valence-electron chi connectivity index (χ0n) is 12.2. The molecule has 1 fully saturated rings. The van der Waals surface area contributed by atoms with Gasteiger partial charge < -0.3 is 5.32 Å². The Kier molecular flexibility index (Phi) is 4.45. The third-order valence-electron chi connectivity index (χ3n) is 4.21. The molecule has 1 rings (SSSR count). The summed E-state index contributed by atoms with van der Waals surface area (Å²) < 4.78 is 0. The Morgan fingerprint density at radius 2 is 1.69 bits per heavy atom. The Bertz CT molecular complexity index is 202. The molecule has 1 aliphatic carbocycles. The highest BCUT2D eigenvalue weighted by Crippen LogP contribution is 2.42. The first-order valence-corrected chi connectivity index (χ1v) is 6.99. The molecule has 0 saturated heterocycles. The first-order valence-electron chi connectivity index (χ1n) is 6.99. The van der Waals surface area contributed by atoms with Gasteiger partial charge in [-0.3, -0.25) is 0 Å². The van der Waals surface area contributed by atoms with Crippen LogP contribution in [0.25, 0.3) is 0 Å². The molecule has 1 saturated carbocycles. The van der Waals surface area contributed by atoms with Gasteiger partial charge in [0.2, 0.25) is 0 Å². The van der Waals surface area contributed by atoms with Crippen molar-refractivity contribution in [3.8, 4) is 0 Å². The van der Waals surface area contributed by atoms with Crippen LogP contribution in [-0.2, 0) is 0 Å². The average Bonchev–Trinajstić information content (AvgIpc) is 2.13. The van der Waals surface area contributed by atoms with Crippen LogP contribution in [0.5, 0.6) is 0 Å². The summed E-state index contributed by atoms with van der Waals surface area (Å²) in [5, 5.41) is 3.72. The van der Waals surface area contributed by atoms with Gasteiger partial charge in [-0.05, 0) is 49.0 Å². The van der Waals surface area contributed by atoms with Gasteiger partial charge in [0.1, 0.15) is 0 Å². The third kappa shape index (κ3) is 3.76. The summed E-state index contributed by atoms with van der Waals surface area (Å²) in [6.45, 7) is 15.3. The molecule has 0 heterocycles. The van der Waals surface area contributed by atoms with Crippen molar-refractivity contribution in [3.05, 3.63) is 0 Å². The minimum Gasteiger partial charge on any atom is -0.313 e. The van der Waals surface area contributed by atoms with Crippen LogP contribution in [0.2, 0.25) is 0 Å². The predicted molar refractivity (Wildman–Crippen MR) is 72.7 cm³/mol. The molecule has 1 heteroatoms. The minimum absolute atomic E-state index is 0.391. The van der Waals surface area contributed by atoms with E-state index >= 15 is 0 Å². The van der Waals surface area contributed by atoms with Gasteiger partial charge in [-0.2, -0.15) is 0 Å². The van der Waals surface area contributed by atoms with E-state index in [1.165, 1.54) is 25.7 Å². The second-order valence-corrected chi connectivity index (χ2v) is 7.40. The summed E-state index contributed by atoms with van der Waals surface area (Å²) in [5.41, 5.74) is 0.979. The standard InChI is InChI=1S/C15H31N/c1-7-16-13(14(2,3)4)12-8-10-15(5,6)11-9-12/h12-13,16H,7-11H2,1-6H3. The van der Waals surface area contributed by atoms with E-state index in [9.17, 15) is 0 Å². The highest BCUT2D eigenvalue weighted by Gasteiger charge is 2.36. The molecule has 1 aliphatic rings. The number of rotatable bonds is 3.